The number of nitrogens with two attached hydrogens (primary N) is 1. The molecule has 0 heterocycles. The molecule has 0 bridgehead atoms. The highest BCUT2D eigenvalue weighted by molar-refractivity contribution is 7.85. The number of hydrogen-bond donors (Lipinski definition) is 1. The smallest absolute Gasteiger partial charge is 0.181 e. The zero-order chi connectivity index (χ0) is 13.5. The second-order valence-electron chi connectivity index (χ2n) is 3.00. The zero-order valence-electron chi connectivity index (χ0n) is 8.99. The van der Waals surface area contributed by atoms with Crippen LogP contribution in [0.25, 0.3) is 0 Å². The maximum absolute atomic E-state index is 10.4. The van der Waals surface area contributed by atoms with Gasteiger partial charge in [-0.25, -0.2) is 8.42 Å². The SMILES string of the molecule is Cc1ccc(S(=O)(=O)[O-])cc1.N#CC(N)C#N. The lowest BCUT2D eigenvalue weighted by Crippen LogP contribution is -2.12. The Bertz CT molecular complexity index is 524. The highest BCUT2D eigenvalue weighted by Crippen LogP contribution is 2.08. The second-order valence-corrected chi connectivity index (χ2v) is 4.38. The van der Waals surface area contributed by atoms with Crippen LogP contribution in [0.3, 0.4) is 0 Å². The molecule has 0 aliphatic carbocycles. The molecule has 7 heteroatoms. The van der Waals surface area contributed by atoms with Gasteiger partial charge in [-0.05, 0) is 19.1 Å². The molecular weight excluding hydrogens is 242 g/mol. The van der Waals surface area contributed by atoms with Crippen molar-refractivity contribution in [3.63, 3.8) is 0 Å². The lowest BCUT2D eigenvalue weighted by atomic mass is 10.2. The minimum Gasteiger partial charge on any atom is -0.744 e. The molecule has 0 radical (unpaired) electrons. The van der Waals surface area contributed by atoms with Gasteiger partial charge in [0.25, 0.3) is 0 Å². The third-order valence-electron chi connectivity index (χ3n) is 1.59. The monoisotopic (exact) mass is 252 g/mol. The summed E-state index contributed by atoms with van der Waals surface area (Å²) in [7, 11) is -4.27. The lowest BCUT2D eigenvalue weighted by molar-refractivity contribution is 0.463. The Kier molecular flexibility index (Phi) is 5.86. The van der Waals surface area contributed by atoms with E-state index in [2.05, 4.69) is 0 Å². The summed E-state index contributed by atoms with van der Waals surface area (Å²) < 4.78 is 31.2. The maximum Gasteiger partial charge on any atom is 0.181 e. The van der Waals surface area contributed by atoms with Crippen molar-refractivity contribution in [2.24, 2.45) is 5.73 Å². The summed E-state index contributed by atoms with van der Waals surface area (Å²) in [6.45, 7) is 1.82. The highest BCUT2D eigenvalue weighted by atomic mass is 32.2. The third kappa shape index (κ3) is 6.28. The van der Waals surface area contributed by atoms with E-state index in [0.29, 0.717) is 0 Å². The molecule has 0 aromatic heterocycles. The molecule has 0 aliphatic rings. The number of aryl methyl sites for hydroxylation is 1. The Labute approximate surface area is 99.7 Å². The Morgan fingerprint density at radius 2 is 1.65 bits per heavy atom. The van der Waals surface area contributed by atoms with E-state index in [0.717, 1.165) is 5.56 Å². The maximum atomic E-state index is 10.4. The fourth-order valence-electron chi connectivity index (χ4n) is 0.734. The van der Waals surface area contributed by atoms with E-state index in [1.807, 2.05) is 6.92 Å². The fourth-order valence-corrected chi connectivity index (χ4v) is 1.20. The summed E-state index contributed by atoms with van der Waals surface area (Å²) in [5.41, 5.74) is 5.68. The van der Waals surface area contributed by atoms with Gasteiger partial charge in [0.15, 0.2) is 6.04 Å². The molecule has 2 N–H and O–H groups in total. The Morgan fingerprint density at radius 1 is 1.24 bits per heavy atom. The Morgan fingerprint density at radius 3 is 1.88 bits per heavy atom. The lowest BCUT2D eigenvalue weighted by Gasteiger charge is -2.05. The minimum absolute atomic E-state index is 0.178. The van der Waals surface area contributed by atoms with E-state index in [9.17, 15) is 13.0 Å². The van der Waals surface area contributed by atoms with Gasteiger partial charge < -0.3 is 10.3 Å². The first-order valence-electron chi connectivity index (χ1n) is 4.38. The van der Waals surface area contributed by atoms with Crippen molar-refractivity contribution in [3.8, 4) is 12.1 Å². The predicted molar refractivity (Wildman–Crippen MR) is 58.3 cm³/mol. The summed E-state index contributed by atoms with van der Waals surface area (Å²) in [6.07, 6.45) is 0. The summed E-state index contributed by atoms with van der Waals surface area (Å²) in [4.78, 5) is -0.178. The minimum atomic E-state index is -4.27. The topological polar surface area (TPSA) is 131 Å². The summed E-state index contributed by atoms with van der Waals surface area (Å²) in [6, 6.07) is 7.89. The standard InChI is InChI=1S/C7H8O3S.C3H3N3/c1-6-2-4-7(5-3-6)11(8,9)10;4-1-3(6)2-5/h2-5H,1H3,(H,8,9,10);3H,6H2/p-1. The highest BCUT2D eigenvalue weighted by Gasteiger charge is 1.97. The molecule has 0 saturated heterocycles. The molecule has 1 aromatic rings. The molecular formula is C10H10N3O3S-. The van der Waals surface area contributed by atoms with E-state index >= 15 is 0 Å². The van der Waals surface area contributed by atoms with Gasteiger partial charge in [-0.2, -0.15) is 10.5 Å². The van der Waals surface area contributed by atoms with Crippen molar-refractivity contribution in [1.29, 1.82) is 10.5 Å². The van der Waals surface area contributed by atoms with Gasteiger partial charge in [0.05, 0.1) is 17.0 Å². The van der Waals surface area contributed by atoms with Crippen LogP contribution in [0, 0.1) is 29.6 Å². The van der Waals surface area contributed by atoms with Crippen molar-refractivity contribution in [3.05, 3.63) is 29.8 Å². The van der Waals surface area contributed by atoms with Crippen LogP contribution in [0.15, 0.2) is 29.2 Å². The van der Waals surface area contributed by atoms with Gasteiger partial charge >= 0.3 is 0 Å². The van der Waals surface area contributed by atoms with Crippen LogP contribution in [0.2, 0.25) is 0 Å². The van der Waals surface area contributed by atoms with Crippen molar-refractivity contribution in [2.75, 3.05) is 0 Å². The van der Waals surface area contributed by atoms with Crippen LogP contribution in [0.5, 0.6) is 0 Å². The molecule has 0 aliphatic heterocycles. The second kappa shape index (κ2) is 6.61. The van der Waals surface area contributed by atoms with E-state index in [-0.39, 0.29) is 4.90 Å². The number of hydrogen-bond acceptors (Lipinski definition) is 6. The predicted octanol–water partition coefficient (Wildman–Crippen LogP) is 0.260. The summed E-state index contributed by atoms with van der Waals surface area (Å²) >= 11 is 0. The molecule has 0 unspecified atom stereocenters. The third-order valence-corrected chi connectivity index (χ3v) is 2.44. The molecule has 1 aromatic carbocycles. The van der Waals surface area contributed by atoms with Gasteiger partial charge in [0.2, 0.25) is 0 Å². The zero-order valence-corrected chi connectivity index (χ0v) is 9.81. The average molecular weight is 252 g/mol. The molecule has 0 fully saturated rings. The normalized spacial score (nSPS) is 9.76. The van der Waals surface area contributed by atoms with Crippen molar-refractivity contribution in [1.82, 2.24) is 0 Å². The first-order chi connectivity index (χ1) is 7.81. The van der Waals surface area contributed by atoms with Crippen LogP contribution < -0.4 is 5.73 Å². The van der Waals surface area contributed by atoms with Crippen LogP contribution in [-0.2, 0) is 10.1 Å². The van der Waals surface area contributed by atoms with Gasteiger partial charge in [-0.15, -0.1) is 0 Å². The van der Waals surface area contributed by atoms with Crippen molar-refractivity contribution in [2.45, 2.75) is 17.9 Å². The Balaban J connectivity index is 0.000000366. The summed E-state index contributed by atoms with van der Waals surface area (Å²) in [5, 5.41) is 15.5. The van der Waals surface area contributed by atoms with Crippen LogP contribution in [0.1, 0.15) is 5.56 Å². The molecule has 1 rings (SSSR count). The quantitative estimate of drug-likeness (QED) is 0.713. The van der Waals surface area contributed by atoms with E-state index in [4.69, 9.17) is 16.3 Å². The first-order valence-corrected chi connectivity index (χ1v) is 5.79. The molecule has 0 atom stereocenters. The Hall–Kier alpha value is -1.93. The van der Waals surface area contributed by atoms with Gasteiger partial charge in [-0.1, -0.05) is 17.7 Å². The molecule has 17 heavy (non-hydrogen) atoms. The first kappa shape index (κ1) is 15.1. The summed E-state index contributed by atoms with van der Waals surface area (Å²) in [5.74, 6) is 0. The number of nitrogens with zero attached hydrogens (tertiary/aromatic N) is 2. The number of benzene rings is 1. The number of rotatable bonds is 1. The van der Waals surface area contributed by atoms with Crippen molar-refractivity contribution >= 4 is 10.1 Å². The van der Waals surface area contributed by atoms with Crippen LogP contribution in [0.4, 0.5) is 0 Å². The van der Waals surface area contributed by atoms with E-state index < -0.39 is 16.2 Å². The van der Waals surface area contributed by atoms with Gasteiger partial charge in [0, 0.05) is 0 Å². The van der Waals surface area contributed by atoms with E-state index in [1.165, 1.54) is 24.3 Å². The molecule has 6 nitrogen and oxygen atoms in total. The van der Waals surface area contributed by atoms with Crippen LogP contribution >= 0.6 is 0 Å². The van der Waals surface area contributed by atoms with Crippen LogP contribution in [-0.4, -0.2) is 19.0 Å². The van der Waals surface area contributed by atoms with Gasteiger partial charge in [-0.3, -0.25) is 0 Å². The van der Waals surface area contributed by atoms with Crippen molar-refractivity contribution < 1.29 is 13.0 Å². The fraction of sp³-hybridized carbons (Fsp3) is 0.200. The molecule has 0 saturated carbocycles. The molecule has 90 valence electrons. The average Bonchev–Trinajstić information content (AvgIpc) is 2.28. The molecule has 0 spiro atoms. The molecule has 0 amide bonds. The van der Waals surface area contributed by atoms with Gasteiger partial charge in [0.1, 0.15) is 10.1 Å². The largest absolute Gasteiger partial charge is 0.744 e. The van der Waals surface area contributed by atoms with E-state index in [1.54, 1.807) is 12.1 Å². The number of nitriles is 2.